The molecule has 2 saturated heterocycles. The Morgan fingerprint density at radius 2 is 1.86 bits per heavy atom. The molecule has 0 bridgehead atoms. The zero-order chi connectivity index (χ0) is 24.5. The molecule has 2 aromatic carbocycles. The van der Waals surface area contributed by atoms with Crippen LogP contribution in [0.15, 0.2) is 41.3 Å². The van der Waals surface area contributed by atoms with Crippen molar-refractivity contribution in [1.29, 1.82) is 0 Å². The van der Waals surface area contributed by atoms with Gasteiger partial charge in [-0.2, -0.15) is 0 Å². The lowest BCUT2D eigenvalue weighted by molar-refractivity contribution is -0.115. The molecule has 7 nitrogen and oxygen atoms in total. The SMILES string of the molecule is CCc1nc(-c2ccc(N3CCN(CC)CC3)c(F)c2)c2cc(/C=C3\SC(=O)NC3=O)ccc2n1. The van der Waals surface area contributed by atoms with E-state index < -0.39 is 5.91 Å². The summed E-state index contributed by atoms with van der Waals surface area (Å²) in [7, 11) is 0. The Hall–Kier alpha value is -3.30. The minimum Gasteiger partial charge on any atom is -0.367 e. The maximum Gasteiger partial charge on any atom is 0.290 e. The third-order valence-electron chi connectivity index (χ3n) is 6.40. The number of aromatic nitrogens is 2. The first kappa shape index (κ1) is 23.4. The summed E-state index contributed by atoms with van der Waals surface area (Å²) in [6.07, 6.45) is 2.32. The number of hydrogen-bond donors (Lipinski definition) is 1. The van der Waals surface area contributed by atoms with E-state index in [0.717, 1.165) is 61.0 Å². The molecule has 2 aliphatic heterocycles. The molecule has 2 aliphatic rings. The number of piperazine rings is 1. The van der Waals surface area contributed by atoms with Gasteiger partial charge in [-0.3, -0.25) is 14.9 Å². The third-order valence-corrected chi connectivity index (χ3v) is 7.21. The summed E-state index contributed by atoms with van der Waals surface area (Å²) in [6, 6.07) is 10.9. The lowest BCUT2D eigenvalue weighted by Gasteiger charge is -2.35. The Labute approximate surface area is 207 Å². The van der Waals surface area contributed by atoms with Gasteiger partial charge in [-0.05, 0) is 54.2 Å². The van der Waals surface area contributed by atoms with Crippen LogP contribution in [-0.2, 0) is 11.2 Å². The van der Waals surface area contributed by atoms with E-state index in [1.807, 2.05) is 37.3 Å². The molecule has 9 heteroatoms. The number of carbonyl (C=O) groups is 2. The number of benzene rings is 2. The van der Waals surface area contributed by atoms with Crippen molar-refractivity contribution in [2.45, 2.75) is 20.3 Å². The number of amides is 2. The summed E-state index contributed by atoms with van der Waals surface area (Å²) >= 11 is 0.872. The first-order valence-electron chi connectivity index (χ1n) is 11.8. The summed E-state index contributed by atoms with van der Waals surface area (Å²) in [6.45, 7) is 8.58. The molecule has 1 aromatic heterocycles. The van der Waals surface area contributed by atoms with Gasteiger partial charge in [0.2, 0.25) is 0 Å². The normalized spacial score (nSPS) is 18.0. The van der Waals surface area contributed by atoms with Crippen LogP contribution in [0.2, 0.25) is 0 Å². The van der Waals surface area contributed by atoms with Crippen LogP contribution in [0.1, 0.15) is 25.2 Å². The highest BCUT2D eigenvalue weighted by molar-refractivity contribution is 8.18. The highest BCUT2D eigenvalue weighted by atomic mass is 32.2. The lowest BCUT2D eigenvalue weighted by Crippen LogP contribution is -2.46. The molecule has 2 amide bonds. The van der Waals surface area contributed by atoms with Crippen LogP contribution in [0.5, 0.6) is 0 Å². The van der Waals surface area contributed by atoms with Gasteiger partial charge in [0.05, 0.1) is 21.8 Å². The minimum absolute atomic E-state index is 0.270. The summed E-state index contributed by atoms with van der Waals surface area (Å²) < 4.78 is 15.3. The molecule has 0 atom stereocenters. The van der Waals surface area contributed by atoms with Gasteiger partial charge in [0.1, 0.15) is 11.6 Å². The maximum absolute atomic E-state index is 15.3. The van der Waals surface area contributed by atoms with Crippen LogP contribution in [0.3, 0.4) is 0 Å². The van der Waals surface area contributed by atoms with E-state index in [0.29, 0.717) is 34.1 Å². The van der Waals surface area contributed by atoms with Crippen molar-refractivity contribution < 1.29 is 14.0 Å². The van der Waals surface area contributed by atoms with E-state index in [2.05, 4.69) is 27.0 Å². The second-order valence-electron chi connectivity index (χ2n) is 8.56. The molecule has 0 saturated carbocycles. The predicted octanol–water partition coefficient (Wildman–Crippen LogP) is 4.46. The largest absolute Gasteiger partial charge is 0.367 e. The van der Waals surface area contributed by atoms with E-state index in [-0.39, 0.29) is 11.1 Å². The van der Waals surface area contributed by atoms with Gasteiger partial charge < -0.3 is 9.80 Å². The quantitative estimate of drug-likeness (QED) is 0.528. The molecule has 0 aliphatic carbocycles. The van der Waals surface area contributed by atoms with Crippen LogP contribution >= 0.6 is 11.8 Å². The predicted molar refractivity (Wildman–Crippen MR) is 138 cm³/mol. The van der Waals surface area contributed by atoms with Crippen LogP contribution in [-0.4, -0.2) is 58.7 Å². The monoisotopic (exact) mass is 491 g/mol. The molecule has 3 heterocycles. The number of fused-ring (bicyclic) bond motifs is 1. The lowest BCUT2D eigenvalue weighted by atomic mass is 10.0. The van der Waals surface area contributed by atoms with Crippen molar-refractivity contribution in [2.75, 3.05) is 37.6 Å². The number of rotatable bonds is 5. The number of aryl methyl sites for hydroxylation is 1. The Morgan fingerprint density at radius 3 is 2.51 bits per heavy atom. The Balaban J connectivity index is 1.53. The van der Waals surface area contributed by atoms with E-state index in [1.165, 1.54) is 0 Å². The molecule has 5 rings (SSSR count). The second kappa shape index (κ2) is 9.75. The summed E-state index contributed by atoms with van der Waals surface area (Å²) in [4.78, 5) is 37.6. The fourth-order valence-electron chi connectivity index (χ4n) is 4.45. The van der Waals surface area contributed by atoms with Crippen molar-refractivity contribution in [3.63, 3.8) is 0 Å². The van der Waals surface area contributed by atoms with Crippen molar-refractivity contribution in [3.8, 4) is 11.3 Å². The number of thioether (sulfide) groups is 1. The van der Waals surface area contributed by atoms with Crippen molar-refractivity contribution in [2.24, 2.45) is 0 Å². The highest BCUT2D eigenvalue weighted by Crippen LogP contribution is 2.32. The molecule has 1 N–H and O–H groups in total. The molecule has 0 spiro atoms. The number of likely N-dealkylation sites (N-methyl/N-ethyl adjacent to an activating group) is 1. The molecular formula is C26H26FN5O2S. The standard InChI is InChI=1S/C26H26FN5O2S/c1-3-23-28-20-7-5-16(14-22-25(33)30-26(34)35-22)13-18(20)24(29-23)17-6-8-21(19(27)15-17)32-11-9-31(4-2)10-12-32/h5-8,13-15H,3-4,9-12H2,1-2H3,(H,30,33,34)/b22-14-. The Bertz CT molecular complexity index is 1350. The first-order chi connectivity index (χ1) is 16.9. The minimum atomic E-state index is -0.407. The maximum atomic E-state index is 15.3. The van der Waals surface area contributed by atoms with E-state index in [4.69, 9.17) is 4.98 Å². The average Bonchev–Trinajstić information content (AvgIpc) is 3.19. The molecule has 0 unspecified atom stereocenters. The number of hydrogen-bond acceptors (Lipinski definition) is 7. The third kappa shape index (κ3) is 4.78. The van der Waals surface area contributed by atoms with Crippen molar-refractivity contribution in [1.82, 2.24) is 20.2 Å². The van der Waals surface area contributed by atoms with Gasteiger partial charge in [-0.15, -0.1) is 0 Å². The summed E-state index contributed by atoms with van der Waals surface area (Å²) in [5.41, 5.74) is 3.41. The number of imide groups is 1. The Morgan fingerprint density at radius 1 is 1.06 bits per heavy atom. The van der Waals surface area contributed by atoms with Crippen LogP contribution in [0, 0.1) is 5.82 Å². The number of anilines is 1. The first-order valence-corrected chi connectivity index (χ1v) is 12.6. The van der Waals surface area contributed by atoms with Gasteiger partial charge in [0.15, 0.2) is 0 Å². The van der Waals surface area contributed by atoms with Gasteiger partial charge in [-0.1, -0.05) is 26.0 Å². The highest BCUT2D eigenvalue weighted by Gasteiger charge is 2.25. The molecule has 180 valence electrons. The summed E-state index contributed by atoms with van der Waals surface area (Å²) in [5, 5.41) is 2.64. The number of carbonyl (C=O) groups excluding carboxylic acids is 2. The van der Waals surface area contributed by atoms with Gasteiger partial charge in [0.25, 0.3) is 11.1 Å². The van der Waals surface area contributed by atoms with Gasteiger partial charge in [-0.25, -0.2) is 14.4 Å². The number of halogens is 1. The van der Waals surface area contributed by atoms with Crippen LogP contribution in [0.4, 0.5) is 14.9 Å². The molecule has 35 heavy (non-hydrogen) atoms. The topological polar surface area (TPSA) is 78.4 Å². The zero-order valence-corrected chi connectivity index (χ0v) is 20.5. The van der Waals surface area contributed by atoms with Crippen molar-refractivity contribution >= 4 is 45.6 Å². The number of nitrogens with one attached hydrogen (secondary N) is 1. The van der Waals surface area contributed by atoms with E-state index in [1.54, 1.807) is 12.1 Å². The second-order valence-corrected chi connectivity index (χ2v) is 9.57. The fourth-order valence-corrected chi connectivity index (χ4v) is 5.13. The number of nitrogens with zero attached hydrogens (tertiary/aromatic N) is 4. The molecule has 3 aromatic rings. The summed E-state index contributed by atoms with van der Waals surface area (Å²) in [5.74, 6) is -0.00139. The van der Waals surface area contributed by atoms with E-state index in [9.17, 15) is 9.59 Å². The molecule has 2 fully saturated rings. The fraction of sp³-hybridized carbons (Fsp3) is 0.308. The van der Waals surface area contributed by atoms with Crippen LogP contribution in [0.25, 0.3) is 28.2 Å². The van der Waals surface area contributed by atoms with Gasteiger partial charge in [0, 0.05) is 43.5 Å². The smallest absolute Gasteiger partial charge is 0.290 e. The van der Waals surface area contributed by atoms with Crippen LogP contribution < -0.4 is 10.2 Å². The molecule has 0 radical (unpaired) electrons. The van der Waals surface area contributed by atoms with Crippen molar-refractivity contribution in [3.05, 3.63) is 58.5 Å². The zero-order valence-electron chi connectivity index (χ0n) is 19.7. The molecular weight excluding hydrogens is 465 g/mol. The Kier molecular flexibility index (Phi) is 6.53. The average molecular weight is 492 g/mol. The van der Waals surface area contributed by atoms with Gasteiger partial charge >= 0.3 is 0 Å². The van der Waals surface area contributed by atoms with E-state index >= 15 is 4.39 Å².